The molecule has 3 rings (SSSR count). The molecule has 0 bridgehead atoms. The molecule has 4 nitrogen and oxygen atoms in total. The maximum absolute atomic E-state index is 5.41. The van der Waals surface area contributed by atoms with Crippen LogP contribution in [0.4, 0.5) is 11.5 Å². The van der Waals surface area contributed by atoms with E-state index in [1.807, 2.05) is 41.2 Å². The molecule has 3 aromatic rings. The summed E-state index contributed by atoms with van der Waals surface area (Å²) in [5.41, 5.74) is 5.96. The number of nitrogens with one attached hydrogen (secondary N) is 2. The summed E-state index contributed by atoms with van der Waals surface area (Å²) >= 11 is 5.41. The highest BCUT2D eigenvalue weighted by Gasteiger charge is 2.06. The molecule has 25 heavy (non-hydrogen) atoms. The number of hydrogen-bond donors (Lipinski definition) is 2. The van der Waals surface area contributed by atoms with Gasteiger partial charge in [-0.2, -0.15) is 5.10 Å². The Morgan fingerprint density at radius 3 is 2.52 bits per heavy atom. The second-order valence-corrected chi connectivity index (χ2v) is 6.56. The molecule has 0 radical (unpaired) electrons. The van der Waals surface area contributed by atoms with E-state index in [0.717, 1.165) is 18.1 Å². The van der Waals surface area contributed by atoms with Crippen molar-refractivity contribution in [2.24, 2.45) is 0 Å². The molecule has 0 spiro atoms. The van der Waals surface area contributed by atoms with Crippen molar-refractivity contribution < 1.29 is 0 Å². The summed E-state index contributed by atoms with van der Waals surface area (Å²) in [7, 11) is 0. The second-order valence-electron chi connectivity index (χ2n) is 6.15. The number of aromatic nitrogens is 2. The number of rotatable bonds is 4. The molecule has 128 valence electrons. The fourth-order valence-corrected chi connectivity index (χ4v) is 2.85. The van der Waals surface area contributed by atoms with Gasteiger partial charge in [0, 0.05) is 18.0 Å². The van der Waals surface area contributed by atoms with Gasteiger partial charge < -0.3 is 10.6 Å². The first-order chi connectivity index (χ1) is 12.0. The van der Waals surface area contributed by atoms with E-state index in [-0.39, 0.29) is 0 Å². The number of nitrogens with zero attached hydrogens (tertiary/aromatic N) is 2. The van der Waals surface area contributed by atoms with Crippen LogP contribution in [0.3, 0.4) is 0 Å². The molecule has 1 heterocycles. The van der Waals surface area contributed by atoms with E-state index < -0.39 is 0 Å². The summed E-state index contributed by atoms with van der Waals surface area (Å²) in [6.07, 6.45) is 1.95. The van der Waals surface area contributed by atoms with Crippen LogP contribution in [0.2, 0.25) is 0 Å². The van der Waals surface area contributed by atoms with E-state index in [2.05, 4.69) is 54.7 Å². The van der Waals surface area contributed by atoms with Crippen molar-refractivity contribution in [2.75, 3.05) is 10.6 Å². The predicted octanol–water partition coefficient (Wildman–Crippen LogP) is 4.67. The molecule has 0 atom stereocenters. The summed E-state index contributed by atoms with van der Waals surface area (Å²) in [6, 6.07) is 16.4. The first-order valence-corrected chi connectivity index (χ1v) is 8.66. The molecule has 0 saturated heterocycles. The third-order valence-corrected chi connectivity index (χ3v) is 4.53. The van der Waals surface area contributed by atoms with Gasteiger partial charge in [0.1, 0.15) is 0 Å². The van der Waals surface area contributed by atoms with Crippen molar-refractivity contribution in [2.45, 2.75) is 27.3 Å². The molecule has 2 N–H and O–H groups in total. The predicted molar refractivity (Wildman–Crippen MR) is 108 cm³/mol. The van der Waals surface area contributed by atoms with Crippen molar-refractivity contribution >= 4 is 28.8 Å². The summed E-state index contributed by atoms with van der Waals surface area (Å²) < 4.78 is 1.91. The zero-order valence-electron chi connectivity index (χ0n) is 14.7. The largest absolute Gasteiger partial charge is 0.332 e. The van der Waals surface area contributed by atoms with Crippen molar-refractivity contribution in [1.29, 1.82) is 0 Å². The van der Waals surface area contributed by atoms with Crippen LogP contribution in [0.15, 0.2) is 54.7 Å². The van der Waals surface area contributed by atoms with Gasteiger partial charge in [-0.1, -0.05) is 36.4 Å². The zero-order chi connectivity index (χ0) is 17.8. The van der Waals surface area contributed by atoms with Crippen LogP contribution in [-0.2, 0) is 6.54 Å². The summed E-state index contributed by atoms with van der Waals surface area (Å²) in [6.45, 7) is 7.02. The lowest BCUT2D eigenvalue weighted by atomic mass is 10.1. The van der Waals surface area contributed by atoms with Crippen molar-refractivity contribution in [3.63, 3.8) is 0 Å². The Kier molecular flexibility index (Phi) is 5.14. The molecule has 5 heteroatoms. The number of hydrogen-bond acceptors (Lipinski definition) is 2. The Morgan fingerprint density at radius 2 is 1.72 bits per heavy atom. The molecule has 0 aliphatic rings. The van der Waals surface area contributed by atoms with Gasteiger partial charge in [0.15, 0.2) is 10.9 Å². The van der Waals surface area contributed by atoms with Gasteiger partial charge in [-0.25, -0.2) is 0 Å². The maximum Gasteiger partial charge on any atom is 0.176 e. The Bertz CT molecular complexity index is 898. The summed E-state index contributed by atoms with van der Waals surface area (Å²) in [5.74, 6) is 0.733. The monoisotopic (exact) mass is 350 g/mol. The minimum absolute atomic E-state index is 0.537. The topological polar surface area (TPSA) is 41.9 Å². The van der Waals surface area contributed by atoms with Crippen LogP contribution in [0.25, 0.3) is 0 Å². The quantitative estimate of drug-likeness (QED) is 0.671. The van der Waals surface area contributed by atoms with Gasteiger partial charge in [0.2, 0.25) is 0 Å². The van der Waals surface area contributed by atoms with E-state index in [9.17, 15) is 0 Å². The lowest BCUT2D eigenvalue weighted by Crippen LogP contribution is -2.20. The molecule has 1 aromatic heterocycles. The summed E-state index contributed by atoms with van der Waals surface area (Å²) in [4.78, 5) is 0. The average Bonchev–Trinajstić information content (AvgIpc) is 3.01. The normalized spacial score (nSPS) is 10.5. The molecule has 0 aliphatic heterocycles. The van der Waals surface area contributed by atoms with Crippen molar-refractivity contribution in [1.82, 2.24) is 9.78 Å². The minimum Gasteiger partial charge on any atom is -0.332 e. The summed E-state index contributed by atoms with van der Waals surface area (Å²) in [5, 5.41) is 11.5. The fraction of sp³-hybridized carbons (Fsp3) is 0.200. The molecular weight excluding hydrogens is 328 g/mol. The molecule has 0 aliphatic carbocycles. The van der Waals surface area contributed by atoms with Crippen molar-refractivity contribution in [3.8, 4) is 0 Å². The Morgan fingerprint density at radius 1 is 0.960 bits per heavy atom. The Labute approximate surface area is 153 Å². The SMILES string of the molecule is Cc1ccccc1Cn1ccc(NC(=S)Nc2cccc(C)c2C)n1. The molecule has 0 amide bonds. The van der Waals surface area contributed by atoms with Crippen LogP contribution < -0.4 is 10.6 Å². The minimum atomic E-state index is 0.537. The van der Waals surface area contributed by atoms with Crippen LogP contribution >= 0.6 is 12.2 Å². The molecule has 2 aromatic carbocycles. The third-order valence-electron chi connectivity index (χ3n) is 4.33. The molecular formula is C20H22N4S. The van der Waals surface area contributed by atoms with Gasteiger partial charge in [-0.15, -0.1) is 0 Å². The Hall–Kier alpha value is -2.66. The lowest BCUT2D eigenvalue weighted by molar-refractivity contribution is 0.687. The number of anilines is 2. The van der Waals surface area contributed by atoms with Crippen LogP contribution in [-0.4, -0.2) is 14.9 Å². The number of aryl methyl sites for hydroxylation is 2. The van der Waals surface area contributed by atoms with Crippen LogP contribution in [0.1, 0.15) is 22.3 Å². The third kappa shape index (κ3) is 4.25. The van der Waals surface area contributed by atoms with Gasteiger partial charge in [0.05, 0.1) is 6.54 Å². The number of thiocarbonyl (C=S) groups is 1. The lowest BCUT2D eigenvalue weighted by Gasteiger charge is -2.12. The first-order valence-electron chi connectivity index (χ1n) is 8.25. The van der Waals surface area contributed by atoms with E-state index in [1.54, 1.807) is 0 Å². The Balaban J connectivity index is 1.64. The van der Waals surface area contributed by atoms with E-state index in [4.69, 9.17) is 12.2 Å². The molecule has 0 saturated carbocycles. The number of benzene rings is 2. The standard InChI is InChI=1S/C20H22N4S/c1-14-8-6-10-18(16(14)3)21-20(25)22-19-11-12-24(23-19)13-17-9-5-4-7-15(17)2/h4-12H,13H2,1-3H3,(H2,21,22,23,25). The van der Waals surface area contributed by atoms with Gasteiger partial charge in [0.25, 0.3) is 0 Å². The van der Waals surface area contributed by atoms with E-state index in [1.165, 1.54) is 22.3 Å². The second kappa shape index (κ2) is 7.49. The molecule has 0 fully saturated rings. The highest BCUT2D eigenvalue weighted by molar-refractivity contribution is 7.80. The highest BCUT2D eigenvalue weighted by atomic mass is 32.1. The van der Waals surface area contributed by atoms with Crippen LogP contribution in [0, 0.1) is 20.8 Å². The molecule has 0 unspecified atom stereocenters. The zero-order valence-corrected chi connectivity index (χ0v) is 15.5. The first kappa shape index (κ1) is 17.2. The van der Waals surface area contributed by atoms with Crippen LogP contribution in [0.5, 0.6) is 0 Å². The van der Waals surface area contributed by atoms with Crippen molar-refractivity contribution in [3.05, 3.63) is 77.0 Å². The van der Waals surface area contributed by atoms with Gasteiger partial charge in [-0.3, -0.25) is 4.68 Å². The highest BCUT2D eigenvalue weighted by Crippen LogP contribution is 2.18. The average molecular weight is 350 g/mol. The van der Waals surface area contributed by atoms with E-state index in [0.29, 0.717) is 5.11 Å². The van der Waals surface area contributed by atoms with E-state index >= 15 is 0 Å². The smallest absolute Gasteiger partial charge is 0.176 e. The van der Waals surface area contributed by atoms with Gasteiger partial charge >= 0.3 is 0 Å². The van der Waals surface area contributed by atoms with Gasteiger partial charge in [-0.05, 0) is 61.3 Å². The maximum atomic E-state index is 5.41. The fourth-order valence-electron chi connectivity index (χ4n) is 2.63.